The SMILES string of the molecule is OC[C@H]1O[C@H](O[C@H](CO)[C@H]2O[C@@H](O)[C@H](O)[C@H]2O)[C@@H](O)[C@@H]1O. The minimum absolute atomic E-state index is 0.540. The van der Waals surface area contributed by atoms with Crippen molar-refractivity contribution in [2.45, 2.75) is 55.3 Å². The van der Waals surface area contributed by atoms with Crippen LogP contribution >= 0.6 is 0 Å². The minimum atomic E-state index is -1.63. The van der Waals surface area contributed by atoms with Crippen LogP contribution in [0.3, 0.4) is 0 Å². The highest BCUT2D eigenvalue weighted by Crippen LogP contribution is 2.28. The Balaban J connectivity index is 2.00. The molecular weight excluding hydrogens is 292 g/mol. The molecule has 2 rings (SSSR count). The lowest BCUT2D eigenvalue weighted by Crippen LogP contribution is -2.46. The van der Waals surface area contributed by atoms with Gasteiger partial charge in [-0.25, -0.2) is 0 Å². The molecular formula is C11H20O10. The maximum atomic E-state index is 9.72. The molecule has 0 aromatic rings. The molecule has 0 aromatic heterocycles. The van der Waals surface area contributed by atoms with Crippen molar-refractivity contribution >= 4 is 0 Å². The predicted octanol–water partition coefficient (Wildman–Crippen LogP) is -4.76. The standard InChI is InChI=1S/C11H20O10/c12-1-3-5(14)8(17)11(19-3)20-4(2-13)9-6(15)7(16)10(18)21-9/h3-18H,1-2H2/t3-,4-,5-,6-,7-,8+,9-,10-,11-/m1/s1. The number of hydrogen-bond acceptors (Lipinski definition) is 10. The highest BCUT2D eigenvalue weighted by Gasteiger charge is 2.49. The zero-order chi connectivity index (χ0) is 15.7. The first-order valence-corrected chi connectivity index (χ1v) is 6.49. The van der Waals surface area contributed by atoms with Crippen molar-refractivity contribution in [3.05, 3.63) is 0 Å². The normalized spacial score (nSPS) is 48.7. The van der Waals surface area contributed by atoms with Gasteiger partial charge in [-0.05, 0) is 0 Å². The topological polar surface area (TPSA) is 169 Å². The Hall–Kier alpha value is -0.400. The fourth-order valence-electron chi connectivity index (χ4n) is 2.37. The second-order valence-corrected chi connectivity index (χ2v) is 5.04. The molecule has 10 heteroatoms. The Morgan fingerprint density at radius 3 is 1.95 bits per heavy atom. The van der Waals surface area contributed by atoms with E-state index < -0.39 is 68.5 Å². The van der Waals surface area contributed by atoms with Gasteiger partial charge in [0.05, 0.1) is 13.2 Å². The van der Waals surface area contributed by atoms with Crippen LogP contribution in [0.2, 0.25) is 0 Å². The largest absolute Gasteiger partial charge is 0.394 e. The van der Waals surface area contributed by atoms with Crippen molar-refractivity contribution in [1.82, 2.24) is 0 Å². The Morgan fingerprint density at radius 2 is 1.52 bits per heavy atom. The molecule has 2 fully saturated rings. The van der Waals surface area contributed by atoms with Gasteiger partial charge in [-0.2, -0.15) is 0 Å². The molecule has 2 heterocycles. The molecule has 0 spiro atoms. The summed E-state index contributed by atoms with van der Waals surface area (Å²) in [6.45, 7) is -1.20. The Kier molecular flexibility index (Phi) is 5.48. The first-order valence-electron chi connectivity index (χ1n) is 6.49. The molecule has 0 aromatic carbocycles. The molecule has 0 aliphatic carbocycles. The van der Waals surface area contributed by atoms with Gasteiger partial charge in [-0.1, -0.05) is 0 Å². The maximum Gasteiger partial charge on any atom is 0.187 e. The van der Waals surface area contributed by atoms with Crippen molar-refractivity contribution in [2.24, 2.45) is 0 Å². The molecule has 2 aliphatic heterocycles. The quantitative estimate of drug-likeness (QED) is 0.261. The zero-order valence-corrected chi connectivity index (χ0v) is 11.0. The van der Waals surface area contributed by atoms with Crippen molar-refractivity contribution in [1.29, 1.82) is 0 Å². The molecule has 0 radical (unpaired) electrons. The van der Waals surface area contributed by atoms with Crippen LogP contribution in [0.4, 0.5) is 0 Å². The summed E-state index contributed by atoms with van der Waals surface area (Å²) < 4.78 is 15.2. The van der Waals surface area contributed by atoms with E-state index in [2.05, 4.69) is 0 Å². The van der Waals surface area contributed by atoms with Crippen molar-refractivity contribution in [3.63, 3.8) is 0 Å². The van der Waals surface area contributed by atoms with Gasteiger partial charge in [0, 0.05) is 0 Å². The van der Waals surface area contributed by atoms with E-state index in [1.165, 1.54) is 0 Å². The summed E-state index contributed by atoms with van der Waals surface area (Å²) in [4.78, 5) is 0. The molecule has 7 N–H and O–H groups in total. The van der Waals surface area contributed by atoms with Gasteiger partial charge in [-0.3, -0.25) is 0 Å². The number of hydrogen-bond donors (Lipinski definition) is 7. The Morgan fingerprint density at radius 1 is 0.857 bits per heavy atom. The monoisotopic (exact) mass is 312 g/mol. The summed E-state index contributed by atoms with van der Waals surface area (Å²) in [5.74, 6) is 0. The van der Waals surface area contributed by atoms with Crippen LogP contribution < -0.4 is 0 Å². The van der Waals surface area contributed by atoms with Crippen LogP contribution in [0.15, 0.2) is 0 Å². The summed E-state index contributed by atoms with van der Waals surface area (Å²) in [6.07, 6.45) is -12.4. The van der Waals surface area contributed by atoms with E-state index in [1.807, 2.05) is 0 Å². The van der Waals surface area contributed by atoms with E-state index in [-0.39, 0.29) is 0 Å². The third kappa shape index (κ3) is 3.19. The number of aliphatic hydroxyl groups excluding tert-OH is 7. The predicted molar refractivity (Wildman–Crippen MR) is 62.6 cm³/mol. The van der Waals surface area contributed by atoms with Crippen molar-refractivity contribution in [3.8, 4) is 0 Å². The fourth-order valence-corrected chi connectivity index (χ4v) is 2.37. The first kappa shape index (κ1) is 17.0. The Labute approximate surface area is 119 Å². The highest BCUT2D eigenvalue weighted by molar-refractivity contribution is 4.92. The van der Waals surface area contributed by atoms with Crippen molar-refractivity contribution < 1.29 is 50.0 Å². The van der Waals surface area contributed by atoms with Gasteiger partial charge >= 0.3 is 0 Å². The van der Waals surface area contributed by atoms with Gasteiger partial charge in [-0.15, -0.1) is 0 Å². The van der Waals surface area contributed by atoms with Crippen LogP contribution in [-0.2, 0) is 14.2 Å². The van der Waals surface area contributed by atoms with Crippen LogP contribution in [0.25, 0.3) is 0 Å². The Bertz CT molecular complexity index is 341. The summed E-state index contributed by atoms with van der Waals surface area (Å²) in [5.41, 5.74) is 0. The van der Waals surface area contributed by atoms with Crippen LogP contribution in [-0.4, -0.2) is 104 Å². The smallest absolute Gasteiger partial charge is 0.187 e. The molecule has 0 unspecified atom stereocenters. The van der Waals surface area contributed by atoms with E-state index in [9.17, 15) is 30.6 Å². The van der Waals surface area contributed by atoms with Crippen LogP contribution in [0, 0.1) is 0 Å². The molecule has 2 saturated heterocycles. The van der Waals surface area contributed by atoms with Gasteiger partial charge in [0.1, 0.15) is 42.7 Å². The summed E-state index contributed by atoms with van der Waals surface area (Å²) in [5, 5.41) is 65.9. The third-order valence-corrected chi connectivity index (χ3v) is 3.63. The fraction of sp³-hybridized carbons (Fsp3) is 1.00. The van der Waals surface area contributed by atoms with Gasteiger partial charge in [0.15, 0.2) is 12.6 Å². The van der Waals surface area contributed by atoms with E-state index in [4.69, 9.17) is 19.3 Å². The van der Waals surface area contributed by atoms with Crippen LogP contribution in [0.5, 0.6) is 0 Å². The number of ether oxygens (including phenoxy) is 3. The van der Waals surface area contributed by atoms with Crippen molar-refractivity contribution in [2.75, 3.05) is 13.2 Å². The van der Waals surface area contributed by atoms with E-state index >= 15 is 0 Å². The van der Waals surface area contributed by atoms with E-state index in [1.54, 1.807) is 0 Å². The molecule has 10 nitrogen and oxygen atoms in total. The lowest BCUT2D eigenvalue weighted by Gasteiger charge is -2.27. The molecule has 21 heavy (non-hydrogen) atoms. The average molecular weight is 312 g/mol. The maximum absolute atomic E-state index is 9.72. The molecule has 0 amide bonds. The second-order valence-electron chi connectivity index (χ2n) is 5.04. The van der Waals surface area contributed by atoms with Gasteiger partial charge in [0.25, 0.3) is 0 Å². The van der Waals surface area contributed by atoms with Gasteiger partial charge < -0.3 is 50.0 Å². The third-order valence-electron chi connectivity index (χ3n) is 3.63. The number of rotatable bonds is 5. The summed E-state index contributed by atoms with van der Waals surface area (Å²) in [7, 11) is 0. The second kappa shape index (κ2) is 6.79. The highest BCUT2D eigenvalue weighted by atomic mass is 16.7. The minimum Gasteiger partial charge on any atom is -0.394 e. The lowest BCUT2D eigenvalue weighted by molar-refractivity contribution is -0.235. The summed E-state index contributed by atoms with van der Waals surface area (Å²) >= 11 is 0. The average Bonchev–Trinajstić information content (AvgIpc) is 2.89. The lowest BCUT2D eigenvalue weighted by atomic mass is 10.1. The summed E-state index contributed by atoms with van der Waals surface area (Å²) in [6, 6.07) is 0. The molecule has 0 bridgehead atoms. The van der Waals surface area contributed by atoms with E-state index in [0.29, 0.717) is 0 Å². The molecule has 0 saturated carbocycles. The number of aliphatic hydroxyl groups is 7. The molecule has 9 atom stereocenters. The first-order chi connectivity index (χ1) is 9.90. The molecule has 2 aliphatic rings. The van der Waals surface area contributed by atoms with Crippen LogP contribution in [0.1, 0.15) is 0 Å². The van der Waals surface area contributed by atoms with E-state index in [0.717, 1.165) is 0 Å². The zero-order valence-electron chi connectivity index (χ0n) is 11.0. The van der Waals surface area contributed by atoms with Gasteiger partial charge in [0.2, 0.25) is 0 Å². The molecule has 124 valence electrons.